The minimum absolute atomic E-state index is 0.0171. The van der Waals surface area contributed by atoms with Crippen LogP contribution in [-0.2, 0) is 9.59 Å². The second-order valence-electron chi connectivity index (χ2n) is 6.11. The molecule has 0 spiro atoms. The first-order valence-corrected chi connectivity index (χ1v) is 8.43. The van der Waals surface area contributed by atoms with Crippen molar-refractivity contribution < 1.29 is 32.2 Å². The number of ether oxygens (including phenoxy) is 2. The second kappa shape index (κ2) is 8.64. The number of nitrogens with zero attached hydrogens (tertiary/aromatic N) is 1. The summed E-state index contributed by atoms with van der Waals surface area (Å²) < 4.78 is 47.4. The van der Waals surface area contributed by atoms with Crippen molar-refractivity contribution in [3.05, 3.63) is 54.3 Å². The Bertz CT molecular complexity index is 857. The molecule has 2 amide bonds. The van der Waals surface area contributed by atoms with Crippen molar-refractivity contribution in [3.63, 3.8) is 0 Å². The zero-order chi connectivity index (χ0) is 20.1. The molecule has 1 heterocycles. The van der Waals surface area contributed by atoms with Crippen LogP contribution in [0.4, 0.5) is 18.9 Å². The van der Waals surface area contributed by atoms with Crippen LogP contribution in [-0.4, -0.2) is 43.0 Å². The predicted molar refractivity (Wildman–Crippen MR) is 93.7 cm³/mol. The number of hydrogen-bond donors (Lipinski definition) is 1. The van der Waals surface area contributed by atoms with E-state index in [-0.39, 0.29) is 43.0 Å². The summed E-state index contributed by atoms with van der Waals surface area (Å²) in [7, 11) is 0. The monoisotopic (exact) mass is 394 g/mol. The lowest BCUT2D eigenvalue weighted by Crippen LogP contribution is -2.55. The molecule has 0 aromatic heterocycles. The fourth-order valence-corrected chi connectivity index (χ4v) is 2.63. The van der Waals surface area contributed by atoms with E-state index in [0.29, 0.717) is 5.69 Å². The maximum Gasteiger partial charge on any atom is 0.387 e. The first-order chi connectivity index (χ1) is 13.4. The van der Waals surface area contributed by atoms with Gasteiger partial charge in [0.2, 0.25) is 5.91 Å². The number of carbonyl (C=O) groups excluding carboxylic acids is 2. The van der Waals surface area contributed by atoms with Gasteiger partial charge in [0.05, 0.1) is 5.92 Å². The molecule has 0 aliphatic carbocycles. The van der Waals surface area contributed by atoms with Crippen molar-refractivity contribution in [1.82, 2.24) is 4.90 Å². The Morgan fingerprint density at radius 2 is 1.89 bits per heavy atom. The number of amides is 2. The maximum absolute atomic E-state index is 13.5. The molecule has 0 saturated carbocycles. The number of benzene rings is 2. The van der Waals surface area contributed by atoms with Crippen molar-refractivity contribution in [2.75, 3.05) is 25.0 Å². The van der Waals surface area contributed by atoms with E-state index in [2.05, 4.69) is 10.1 Å². The lowest BCUT2D eigenvalue weighted by atomic mass is 9.99. The lowest BCUT2D eigenvalue weighted by Gasteiger charge is -2.38. The van der Waals surface area contributed by atoms with E-state index in [1.54, 1.807) is 12.1 Å². The number of para-hydroxylation sites is 1. The van der Waals surface area contributed by atoms with Crippen LogP contribution in [0.3, 0.4) is 0 Å². The number of carbonyl (C=O) groups is 2. The summed E-state index contributed by atoms with van der Waals surface area (Å²) in [6.45, 7) is -2.90. The Morgan fingerprint density at radius 1 is 1.14 bits per heavy atom. The SMILES string of the molecule is O=C(Nc1cccc(OC(F)F)c1)C1CN(C(=O)COc2ccccc2F)C1. The van der Waals surface area contributed by atoms with Crippen LogP contribution in [0.25, 0.3) is 0 Å². The molecule has 0 unspecified atom stereocenters. The number of halogens is 3. The Kier molecular flexibility index (Phi) is 6.03. The lowest BCUT2D eigenvalue weighted by molar-refractivity contribution is -0.143. The van der Waals surface area contributed by atoms with Crippen molar-refractivity contribution in [2.24, 2.45) is 5.92 Å². The molecule has 1 saturated heterocycles. The third-order valence-electron chi connectivity index (χ3n) is 4.12. The van der Waals surface area contributed by atoms with Crippen molar-refractivity contribution in [1.29, 1.82) is 0 Å². The molecular formula is C19H17F3N2O4. The van der Waals surface area contributed by atoms with E-state index < -0.39 is 18.3 Å². The predicted octanol–water partition coefficient (Wildman–Crippen LogP) is 2.90. The van der Waals surface area contributed by atoms with E-state index in [9.17, 15) is 22.8 Å². The van der Waals surface area contributed by atoms with E-state index in [1.165, 1.54) is 41.3 Å². The zero-order valence-electron chi connectivity index (χ0n) is 14.6. The third-order valence-corrected chi connectivity index (χ3v) is 4.12. The van der Waals surface area contributed by atoms with Gasteiger partial charge in [-0.1, -0.05) is 18.2 Å². The largest absolute Gasteiger partial charge is 0.481 e. The minimum Gasteiger partial charge on any atom is -0.481 e. The quantitative estimate of drug-likeness (QED) is 0.784. The molecule has 1 aliphatic rings. The molecule has 148 valence electrons. The van der Waals surface area contributed by atoms with Crippen molar-refractivity contribution >= 4 is 17.5 Å². The highest BCUT2D eigenvalue weighted by atomic mass is 19.3. The summed E-state index contributed by atoms with van der Waals surface area (Å²) >= 11 is 0. The van der Waals surface area contributed by atoms with Crippen molar-refractivity contribution in [2.45, 2.75) is 6.61 Å². The van der Waals surface area contributed by atoms with Gasteiger partial charge in [0.15, 0.2) is 18.2 Å². The van der Waals surface area contributed by atoms with Gasteiger partial charge in [-0.25, -0.2) is 4.39 Å². The van der Waals surface area contributed by atoms with Gasteiger partial charge in [-0.2, -0.15) is 8.78 Å². The first-order valence-electron chi connectivity index (χ1n) is 8.43. The first kappa shape index (κ1) is 19.5. The van der Waals surface area contributed by atoms with Crippen LogP contribution in [0, 0.1) is 11.7 Å². The molecule has 1 aliphatic heterocycles. The number of anilines is 1. The average Bonchev–Trinajstić information content (AvgIpc) is 2.59. The van der Waals surface area contributed by atoms with E-state index in [0.717, 1.165) is 0 Å². The molecule has 3 rings (SSSR count). The van der Waals surface area contributed by atoms with Crippen molar-refractivity contribution in [3.8, 4) is 11.5 Å². The average molecular weight is 394 g/mol. The van der Waals surface area contributed by atoms with Gasteiger partial charge in [-0.3, -0.25) is 9.59 Å². The van der Waals surface area contributed by atoms with Gasteiger partial charge in [-0.05, 0) is 24.3 Å². The highest BCUT2D eigenvalue weighted by Crippen LogP contribution is 2.22. The highest BCUT2D eigenvalue weighted by molar-refractivity contribution is 5.95. The number of hydrogen-bond acceptors (Lipinski definition) is 4. The normalized spacial score (nSPS) is 13.8. The smallest absolute Gasteiger partial charge is 0.387 e. The Morgan fingerprint density at radius 3 is 2.61 bits per heavy atom. The van der Waals surface area contributed by atoms with E-state index in [4.69, 9.17) is 4.74 Å². The Hall–Kier alpha value is -3.23. The zero-order valence-corrected chi connectivity index (χ0v) is 14.6. The molecule has 0 bridgehead atoms. The fourth-order valence-electron chi connectivity index (χ4n) is 2.63. The molecule has 0 atom stereocenters. The molecule has 9 heteroatoms. The summed E-state index contributed by atoms with van der Waals surface area (Å²) in [6.07, 6.45) is 0. The summed E-state index contributed by atoms with van der Waals surface area (Å²) in [5, 5.41) is 2.60. The molecule has 2 aromatic rings. The topological polar surface area (TPSA) is 67.9 Å². The van der Waals surface area contributed by atoms with Gasteiger partial charge in [0, 0.05) is 24.8 Å². The number of alkyl halides is 2. The molecule has 1 N–H and O–H groups in total. The van der Waals surface area contributed by atoms with Crippen LogP contribution in [0.2, 0.25) is 0 Å². The third kappa shape index (κ3) is 4.93. The Labute approximate surface area is 158 Å². The van der Waals surface area contributed by atoms with Crippen LogP contribution < -0.4 is 14.8 Å². The Balaban J connectivity index is 1.45. The van der Waals surface area contributed by atoms with Crippen LogP contribution >= 0.6 is 0 Å². The fraction of sp³-hybridized carbons (Fsp3) is 0.263. The molecule has 6 nitrogen and oxygen atoms in total. The van der Waals surface area contributed by atoms with E-state index in [1.807, 2.05) is 0 Å². The van der Waals surface area contributed by atoms with Gasteiger partial charge < -0.3 is 19.7 Å². The van der Waals surface area contributed by atoms with Crippen LogP contribution in [0.15, 0.2) is 48.5 Å². The minimum atomic E-state index is -2.95. The van der Waals surface area contributed by atoms with Crippen LogP contribution in [0.5, 0.6) is 11.5 Å². The number of rotatable bonds is 7. The summed E-state index contributed by atoms with van der Waals surface area (Å²) in [5.41, 5.74) is 0.316. The number of likely N-dealkylation sites (tertiary alicyclic amines) is 1. The van der Waals surface area contributed by atoms with E-state index >= 15 is 0 Å². The van der Waals surface area contributed by atoms with Gasteiger partial charge in [0.25, 0.3) is 5.91 Å². The molecule has 28 heavy (non-hydrogen) atoms. The molecule has 2 aromatic carbocycles. The molecule has 1 fully saturated rings. The molecular weight excluding hydrogens is 377 g/mol. The standard InChI is InChI=1S/C19H17F3N2O4/c20-15-6-1-2-7-16(15)27-11-17(25)24-9-12(10-24)18(26)23-13-4-3-5-14(8-13)28-19(21)22/h1-8,12,19H,9-11H2,(H,23,26). The van der Waals surface area contributed by atoms with Gasteiger partial charge in [-0.15, -0.1) is 0 Å². The molecule has 0 radical (unpaired) electrons. The number of nitrogens with one attached hydrogen (secondary N) is 1. The van der Waals surface area contributed by atoms with Crippen LogP contribution in [0.1, 0.15) is 0 Å². The van der Waals surface area contributed by atoms with Gasteiger partial charge >= 0.3 is 6.61 Å². The summed E-state index contributed by atoms with van der Waals surface area (Å²) in [4.78, 5) is 25.7. The highest BCUT2D eigenvalue weighted by Gasteiger charge is 2.35. The van der Waals surface area contributed by atoms with Gasteiger partial charge in [0.1, 0.15) is 5.75 Å². The summed E-state index contributed by atoms with van der Waals surface area (Å²) in [5.74, 6) is -1.78. The second-order valence-corrected chi connectivity index (χ2v) is 6.11. The maximum atomic E-state index is 13.5. The summed E-state index contributed by atoms with van der Waals surface area (Å²) in [6, 6.07) is 11.4.